The average molecular weight is 387 g/mol. The normalized spacial score (nSPS) is 15.8. The Balaban J connectivity index is 1.83. The number of nitrogens with zero attached hydrogens (tertiary/aromatic N) is 2. The second-order valence-corrected chi connectivity index (χ2v) is 8.02. The molecule has 4 rings (SSSR count). The van der Waals surface area contributed by atoms with Crippen LogP contribution in [0.1, 0.15) is 56.2 Å². The molecule has 1 aromatic heterocycles. The molecular weight excluding hydrogens is 362 g/mol. The first-order chi connectivity index (χ1) is 13.8. The van der Waals surface area contributed by atoms with Crippen LogP contribution >= 0.6 is 0 Å². The number of hydrogen-bond donors (Lipinski definition) is 1. The van der Waals surface area contributed by atoms with Gasteiger partial charge in [0, 0.05) is 17.5 Å². The molecule has 0 radical (unpaired) electrons. The van der Waals surface area contributed by atoms with Gasteiger partial charge in [-0.3, -0.25) is 9.59 Å². The molecule has 0 saturated heterocycles. The van der Waals surface area contributed by atoms with Gasteiger partial charge in [-0.05, 0) is 63.4 Å². The van der Waals surface area contributed by atoms with Crippen molar-refractivity contribution in [1.82, 2.24) is 9.78 Å². The van der Waals surface area contributed by atoms with E-state index >= 15 is 0 Å². The van der Waals surface area contributed by atoms with Crippen molar-refractivity contribution in [3.63, 3.8) is 0 Å². The molecule has 1 atom stereocenters. The number of Topliss-reactive ketones (excluding diaryl/α,β-unsaturated/α-hetero) is 1. The number of aromatic nitrogens is 2. The molecule has 0 spiro atoms. The van der Waals surface area contributed by atoms with Gasteiger partial charge < -0.3 is 5.32 Å². The second kappa shape index (κ2) is 6.99. The molecule has 5 heteroatoms. The first-order valence-corrected chi connectivity index (χ1v) is 9.84. The van der Waals surface area contributed by atoms with Gasteiger partial charge in [0.25, 0.3) is 0 Å². The van der Waals surface area contributed by atoms with Crippen molar-refractivity contribution in [2.75, 3.05) is 5.32 Å². The number of fused-ring (bicyclic) bond motifs is 1. The third-order valence-electron chi connectivity index (χ3n) is 5.80. The molecule has 29 heavy (non-hydrogen) atoms. The molecule has 0 fully saturated rings. The van der Waals surface area contributed by atoms with Crippen LogP contribution < -0.4 is 5.32 Å². The van der Waals surface area contributed by atoms with Gasteiger partial charge >= 0.3 is 0 Å². The minimum Gasteiger partial charge on any atom is -0.310 e. The Bertz CT molecular complexity index is 1160. The SMILES string of the molecule is Cc1ccc(C(=O)[C@H]2CC(=O)Nc3c2c(C)nn3-c2ccc(C)c(C)c2)c(C)c1. The van der Waals surface area contributed by atoms with Crippen LogP contribution in [0.2, 0.25) is 0 Å². The van der Waals surface area contributed by atoms with Gasteiger partial charge in [0.15, 0.2) is 5.78 Å². The highest BCUT2D eigenvalue weighted by Crippen LogP contribution is 2.38. The predicted octanol–water partition coefficient (Wildman–Crippen LogP) is 4.72. The summed E-state index contributed by atoms with van der Waals surface area (Å²) in [7, 11) is 0. The van der Waals surface area contributed by atoms with E-state index in [2.05, 4.69) is 17.3 Å². The van der Waals surface area contributed by atoms with Crippen molar-refractivity contribution in [3.05, 3.63) is 75.5 Å². The van der Waals surface area contributed by atoms with Crippen molar-refractivity contribution >= 4 is 17.5 Å². The Hall–Kier alpha value is -3.21. The standard InChI is InChI=1S/C24H25N3O2/c1-13-6-9-19(16(4)10-13)23(29)20-12-21(28)25-24-22(20)17(5)26-27(24)18-8-7-14(2)15(3)11-18/h6-11,20H,12H2,1-5H3,(H,25,28)/t20-/m0/s1. The number of anilines is 1. The third kappa shape index (κ3) is 3.27. The van der Waals surface area contributed by atoms with Crippen LogP contribution in [0.5, 0.6) is 0 Å². The maximum absolute atomic E-state index is 13.4. The van der Waals surface area contributed by atoms with Gasteiger partial charge in [-0.15, -0.1) is 0 Å². The fourth-order valence-corrected chi connectivity index (χ4v) is 4.09. The lowest BCUT2D eigenvalue weighted by Crippen LogP contribution is -2.28. The van der Waals surface area contributed by atoms with E-state index in [9.17, 15) is 9.59 Å². The lowest BCUT2D eigenvalue weighted by molar-refractivity contribution is -0.116. The number of nitrogens with one attached hydrogen (secondary N) is 1. The van der Waals surface area contributed by atoms with E-state index in [1.54, 1.807) is 4.68 Å². The average Bonchev–Trinajstić information content (AvgIpc) is 2.99. The quantitative estimate of drug-likeness (QED) is 0.661. The van der Waals surface area contributed by atoms with Crippen LogP contribution in [0.15, 0.2) is 36.4 Å². The summed E-state index contributed by atoms with van der Waals surface area (Å²) in [6, 6.07) is 11.9. The summed E-state index contributed by atoms with van der Waals surface area (Å²) in [5, 5.41) is 7.63. The van der Waals surface area contributed by atoms with Crippen molar-refractivity contribution in [1.29, 1.82) is 0 Å². The minimum absolute atomic E-state index is 0.0265. The molecule has 1 amide bonds. The lowest BCUT2D eigenvalue weighted by Gasteiger charge is -2.24. The summed E-state index contributed by atoms with van der Waals surface area (Å²) in [4.78, 5) is 25.9. The fraction of sp³-hybridized carbons (Fsp3) is 0.292. The summed E-state index contributed by atoms with van der Waals surface area (Å²) in [6.07, 6.45) is 0.138. The highest BCUT2D eigenvalue weighted by atomic mass is 16.2. The summed E-state index contributed by atoms with van der Waals surface area (Å²) in [5.74, 6) is -0.113. The number of hydrogen-bond acceptors (Lipinski definition) is 3. The highest BCUT2D eigenvalue weighted by molar-refractivity contribution is 6.08. The Morgan fingerprint density at radius 2 is 1.76 bits per heavy atom. The zero-order valence-corrected chi connectivity index (χ0v) is 17.5. The van der Waals surface area contributed by atoms with Gasteiger partial charge in [0.1, 0.15) is 5.82 Å². The van der Waals surface area contributed by atoms with Gasteiger partial charge in [0.2, 0.25) is 5.91 Å². The van der Waals surface area contributed by atoms with E-state index in [1.807, 2.05) is 64.1 Å². The third-order valence-corrected chi connectivity index (χ3v) is 5.80. The van der Waals surface area contributed by atoms with Gasteiger partial charge in [-0.25, -0.2) is 4.68 Å². The van der Waals surface area contributed by atoms with Gasteiger partial charge in [-0.1, -0.05) is 29.8 Å². The predicted molar refractivity (Wildman–Crippen MR) is 114 cm³/mol. The first-order valence-electron chi connectivity index (χ1n) is 9.84. The smallest absolute Gasteiger partial charge is 0.226 e. The van der Waals surface area contributed by atoms with Crippen LogP contribution in [0.25, 0.3) is 5.69 Å². The molecule has 0 bridgehead atoms. The number of carbonyl (C=O) groups excluding carboxylic acids is 2. The number of benzene rings is 2. The topological polar surface area (TPSA) is 64.0 Å². The van der Waals surface area contributed by atoms with Crippen molar-refractivity contribution in [2.45, 2.75) is 47.0 Å². The number of carbonyl (C=O) groups is 2. The zero-order chi connectivity index (χ0) is 20.9. The van der Waals surface area contributed by atoms with Crippen molar-refractivity contribution in [3.8, 4) is 5.69 Å². The van der Waals surface area contributed by atoms with Crippen LogP contribution in [-0.2, 0) is 4.79 Å². The summed E-state index contributed by atoms with van der Waals surface area (Å²) < 4.78 is 1.75. The molecule has 1 N–H and O–H groups in total. The second-order valence-electron chi connectivity index (χ2n) is 8.02. The molecule has 148 valence electrons. The molecule has 2 aromatic carbocycles. The molecule has 0 unspecified atom stereocenters. The van der Waals surface area contributed by atoms with E-state index in [0.717, 1.165) is 33.6 Å². The molecule has 2 heterocycles. The molecule has 1 aliphatic heterocycles. The highest BCUT2D eigenvalue weighted by Gasteiger charge is 2.36. The van der Waals surface area contributed by atoms with E-state index in [-0.39, 0.29) is 18.1 Å². The summed E-state index contributed by atoms with van der Waals surface area (Å²) in [5.41, 5.74) is 7.50. The molecule has 3 aromatic rings. The summed E-state index contributed by atoms with van der Waals surface area (Å²) in [6.45, 7) is 9.95. The monoisotopic (exact) mass is 387 g/mol. The van der Waals surface area contributed by atoms with Crippen molar-refractivity contribution in [2.24, 2.45) is 0 Å². The van der Waals surface area contributed by atoms with E-state index in [0.29, 0.717) is 11.4 Å². The molecular formula is C24H25N3O2. The van der Waals surface area contributed by atoms with E-state index < -0.39 is 5.92 Å². The zero-order valence-electron chi connectivity index (χ0n) is 17.5. The minimum atomic E-state index is -0.527. The Morgan fingerprint density at radius 1 is 1.00 bits per heavy atom. The first kappa shape index (κ1) is 19.1. The van der Waals surface area contributed by atoms with Crippen LogP contribution in [0, 0.1) is 34.6 Å². The number of amides is 1. The Morgan fingerprint density at radius 3 is 2.45 bits per heavy atom. The van der Waals surface area contributed by atoms with Crippen LogP contribution in [0.4, 0.5) is 5.82 Å². The maximum atomic E-state index is 13.4. The molecule has 0 aliphatic carbocycles. The maximum Gasteiger partial charge on any atom is 0.226 e. The Kier molecular flexibility index (Phi) is 4.61. The summed E-state index contributed by atoms with van der Waals surface area (Å²) >= 11 is 0. The lowest BCUT2D eigenvalue weighted by atomic mass is 9.84. The fourth-order valence-electron chi connectivity index (χ4n) is 4.09. The number of rotatable bonds is 3. The molecule has 0 saturated carbocycles. The molecule has 1 aliphatic rings. The van der Waals surface area contributed by atoms with Gasteiger partial charge in [-0.2, -0.15) is 5.10 Å². The van der Waals surface area contributed by atoms with Crippen LogP contribution in [0.3, 0.4) is 0 Å². The number of aryl methyl sites for hydroxylation is 5. The van der Waals surface area contributed by atoms with Crippen LogP contribution in [-0.4, -0.2) is 21.5 Å². The Labute approximate surface area is 170 Å². The van der Waals surface area contributed by atoms with Gasteiger partial charge in [0.05, 0.1) is 17.3 Å². The molecule has 5 nitrogen and oxygen atoms in total. The van der Waals surface area contributed by atoms with Crippen molar-refractivity contribution < 1.29 is 9.59 Å². The number of ketones is 1. The van der Waals surface area contributed by atoms with E-state index in [1.165, 1.54) is 5.56 Å². The largest absolute Gasteiger partial charge is 0.310 e. The van der Waals surface area contributed by atoms with E-state index in [4.69, 9.17) is 0 Å².